The molecule has 4 aromatic rings. The molecule has 156 valence electrons. The quantitative estimate of drug-likeness (QED) is 0.225. The van der Waals surface area contributed by atoms with Crippen LogP contribution < -0.4 is 11.1 Å². The predicted octanol–water partition coefficient (Wildman–Crippen LogP) is 5.90. The topological polar surface area (TPSA) is 74.8 Å². The van der Waals surface area contributed by atoms with Crippen molar-refractivity contribution < 1.29 is 9.52 Å². The number of hydrazone groups is 1. The second kappa shape index (κ2) is 9.30. The molecular formula is C26H24N2O3. The van der Waals surface area contributed by atoms with Gasteiger partial charge in [0.15, 0.2) is 0 Å². The molecule has 0 spiro atoms. The highest BCUT2D eigenvalue weighted by Crippen LogP contribution is 2.36. The minimum absolute atomic E-state index is 0.0350. The minimum atomic E-state index is -0.531. The number of rotatable bonds is 7. The summed E-state index contributed by atoms with van der Waals surface area (Å²) in [4.78, 5) is 12.9. The molecule has 4 rings (SSSR count). The molecule has 5 nitrogen and oxygen atoms in total. The van der Waals surface area contributed by atoms with Crippen LogP contribution in [-0.2, 0) is 0 Å². The molecule has 0 aliphatic rings. The molecule has 3 aromatic carbocycles. The lowest BCUT2D eigenvalue weighted by Gasteiger charge is -2.19. The zero-order valence-electron chi connectivity index (χ0n) is 17.3. The minimum Gasteiger partial charge on any atom is -0.507 e. The predicted molar refractivity (Wildman–Crippen MR) is 125 cm³/mol. The molecule has 0 radical (unpaired) electrons. The summed E-state index contributed by atoms with van der Waals surface area (Å²) in [6, 6.07) is 26.4. The van der Waals surface area contributed by atoms with Crippen LogP contribution in [0.2, 0.25) is 0 Å². The Morgan fingerprint density at radius 2 is 1.61 bits per heavy atom. The molecule has 0 saturated carbocycles. The Morgan fingerprint density at radius 3 is 2.32 bits per heavy atom. The van der Waals surface area contributed by atoms with Crippen LogP contribution in [0.15, 0.2) is 99.2 Å². The van der Waals surface area contributed by atoms with Crippen molar-refractivity contribution in [2.45, 2.75) is 25.7 Å². The second-order valence-electron chi connectivity index (χ2n) is 7.32. The molecule has 1 atom stereocenters. The maximum Gasteiger partial charge on any atom is 0.343 e. The SMILES string of the molecule is CCC(C[C@H](c1ccccc1)c1c(O)c2ccccc2oc1=O)=NNc1ccccc1. The van der Waals surface area contributed by atoms with Gasteiger partial charge in [-0.2, -0.15) is 5.10 Å². The summed E-state index contributed by atoms with van der Waals surface area (Å²) < 4.78 is 5.55. The van der Waals surface area contributed by atoms with Crippen LogP contribution in [0.4, 0.5) is 5.69 Å². The molecular weight excluding hydrogens is 388 g/mol. The Morgan fingerprint density at radius 1 is 0.968 bits per heavy atom. The highest BCUT2D eigenvalue weighted by Gasteiger charge is 2.26. The number of nitrogens with zero attached hydrogens (tertiary/aromatic N) is 1. The van der Waals surface area contributed by atoms with E-state index < -0.39 is 11.5 Å². The van der Waals surface area contributed by atoms with Crippen molar-refractivity contribution in [3.05, 3.63) is 106 Å². The first-order valence-corrected chi connectivity index (χ1v) is 10.3. The Hall–Kier alpha value is -3.86. The summed E-state index contributed by atoms with van der Waals surface area (Å²) in [5.41, 5.74) is 5.87. The van der Waals surface area contributed by atoms with Gasteiger partial charge in [0.05, 0.1) is 16.6 Å². The van der Waals surface area contributed by atoms with Gasteiger partial charge in [-0.25, -0.2) is 4.79 Å². The van der Waals surface area contributed by atoms with E-state index in [1.165, 1.54) is 0 Å². The standard InChI is InChI=1S/C26H24N2O3/c1-2-19(27-28-20-13-7-4-8-14-20)17-22(18-11-5-3-6-12-18)24-25(29)21-15-9-10-16-23(21)31-26(24)30/h3-16,22,28-29H,2,17H2,1H3/t22-/m1/s1. The van der Waals surface area contributed by atoms with E-state index in [-0.39, 0.29) is 11.3 Å². The number of nitrogens with one attached hydrogen (secondary N) is 1. The molecule has 0 fully saturated rings. The van der Waals surface area contributed by atoms with E-state index in [9.17, 15) is 9.90 Å². The van der Waals surface area contributed by atoms with Crippen LogP contribution in [0.25, 0.3) is 11.0 Å². The maximum atomic E-state index is 12.9. The molecule has 5 heteroatoms. The van der Waals surface area contributed by atoms with E-state index in [2.05, 4.69) is 10.5 Å². The molecule has 1 heterocycles. The van der Waals surface area contributed by atoms with Crippen LogP contribution in [0, 0.1) is 0 Å². The van der Waals surface area contributed by atoms with E-state index in [0.29, 0.717) is 23.8 Å². The van der Waals surface area contributed by atoms with Gasteiger partial charge >= 0.3 is 5.63 Å². The van der Waals surface area contributed by atoms with E-state index in [1.807, 2.05) is 73.7 Å². The third-order valence-electron chi connectivity index (χ3n) is 5.34. The van der Waals surface area contributed by atoms with E-state index in [4.69, 9.17) is 4.42 Å². The lowest BCUT2D eigenvalue weighted by Crippen LogP contribution is -2.18. The number of aromatic hydroxyl groups is 1. The van der Waals surface area contributed by atoms with Gasteiger partial charge < -0.3 is 9.52 Å². The molecule has 0 aliphatic carbocycles. The van der Waals surface area contributed by atoms with Crippen molar-refractivity contribution in [3.63, 3.8) is 0 Å². The number of benzene rings is 3. The molecule has 0 saturated heterocycles. The van der Waals surface area contributed by atoms with Gasteiger partial charge in [-0.1, -0.05) is 67.6 Å². The molecule has 0 aliphatic heterocycles. The summed E-state index contributed by atoms with van der Waals surface area (Å²) in [7, 11) is 0. The van der Waals surface area contributed by atoms with Crippen LogP contribution in [-0.4, -0.2) is 10.8 Å². The smallest absolute Gasteiger partial charge is 0.343 e. The highest BCUT2D eigenvalue weighted by atomic mass is 16.4. The molecule has 0 unspecified atom stereocenters. The molecule has 0 bridgehead atoms. The molecule has 2 N–H and O–H groups in total. The van der Waals surface area contributed by atoms with Crippen molar-refractivity contribution in [3.8, 4) is 5.75 Å². The van der Waals surface area contributed by atoms with Crippen molar-refractivity contribution in [1.29, 1.82) is 0 Å². The molecule has 0 amide bonds. The lowest BCUT2D eigenvalue weighted by atomic mass is 9.86. The van der Waals surface area contributed by atoms with Crippen molar-refractivity contribution in [2.24, 2.45) is 5.10 Å². The fourth-order valence-electron chi connectivity index (χ4n) is 3.69. The van der Waals surface area contributed by atoms with Gasteiger partial charge in [0.2, 0.25) is 0 Å². The van der Waals surface area contributed by atoms with Gasteiger partial charge in [-0.15, -0.1) is 0 Å². The van der Waals surface area contributed by atoms with Gasteiger partial charge in [-0.3, -0.25) is 5.43 Å². The fraction of sp³-hybridized carbons (Fsp3) is 0.154. The van der Waals surface area contributed by atoms with Gasteiger partial charge in [0.1, 0.15) is 11.3 Å². The average molecular weight is 412 g/mol. The highest BCUT2D eigenvalue weighted by molar-refractivity contribution is 5.88. The van der Waals surface area contributed by atoms with Gasteiger partial charge in [-0.05, 0) is 42.7 Å². The Labute approximate surface area is 180 Å². The third-order valence-corrected chi connectivity index (χ3v) is 5.34. The van der Waals surface area contributed by atoms with Crippen LogP contribution in [0.5, 0.6) is 5.75 Å². The van der Waals surface area contributed by atoms with Crippen LogP contribution in [0.1, 0.15) is 36.8 Å². The van der Waals surface area contributed by atoms with Crippen LogP contribution >= 0.6 is 0 Å². The number of hydrogen-bond donors (Lipinski definition) is 2. The number of para-hydroxylation sites is 2. The normalized spacial score (nSPS) is 12.6. The number of hydrogen-bond acceptors (Lipinski definition) is 5. The van der Waals surface area contributed by atoms with Crippen molar-refractivity contribution in [1.82, 2.24) is 0 Å². The summed E-state index contributed by atoms with van der Waals surface area (Å²) in [5, 5.41) is 16.1. The first-order chi connectivity index (χ1) is 15.2. The average Bonchev–Trinajstić information content (AvgIpc) is 2.82. The monoisotopic (exact) mass is 412 g/mol. The Balaban J connectivity index is 1.77. The van der Waals surface area contributed by atoms with Gasteiger partial charge in [0, 0.05) is 11.6 Å². The Kier molecular flexibility index (Phi) is 6.13. The zero-order valence-corrected chi connectivity index (χ0v) is 17.3. The largest absolute Gasteiger partial charge is 0.507 e. The maximum absolute atomic E-state index is 12.9. The van der Waals surface area contributed by atoms with E-state index in [1.54, 1.807) is 18.2 Å². The fourth-order valence-corrected chi connectivity index (χ4v) is 3.69. The van der Waals surface area contributed by atoms with Crippen molar-refractivity contribution in [2.75, 3.05) is 5.43 Å². The molecule has 1 aromatic heterocycles. The third kappa shape index (κ3) is 4.51. The first kappa shape index (κ1) is 20.4. The first-order valence-electron chi connectivity index (χ1n) is 10.3. The number of anilines is 1. The summed E-state index contributed by atoms with van der Waals surface area (Å²) >= 11 is 0. The van der Waals surface area contributed by atoms with Crippen molar-refractivity contribution >= 4 is 22.4 Å². The van der Waals surface area contributed by atoms with Gasteiger partial charge in [0.25, 0.3) is 0 Å². The summed E-state index contributed by atoms with van der Waals surface area (Å²) in [6.45, 7) is 2.02. The second-order valence-corrected chi connectivity index (χ2v) is 7.32. The zero-order chi connectivity index (χ0) is 21.6. The lowest BCUT2D eigenvalue weighted by molar-refractivity contribution is 0.452. The van der Waals surface area contributed by atoms with Crippen LogP contribution in [0.3, 0.4) is 0 Å². The number of fused-ring (bicyclic) bond motifs is 1. The van der Waals surface area contributed by atoms with E-state index in [0.717, 1.165) is 17.0 Å². The molecule has 31 heavy (non-hydrogen) atoms. The Bertz CT molecular complexity index is 1250. The summed E-state index contributed by atoms with van der Waals surface area (Å²) in [5.74, 6) is -0.425. The summed E-state index contributed by atoms with van der Waals surface area (Å²) in [6.07, 6.45) is 1.17. The van der Waals surface area contributed by atoms with E-state index >= 15 is 0 Å².